The maximum atomic E-state index is 12.1. The lowest BCUT2D eigenvalue weighted by molar-refractivity contribution is -0.274. The van der Waals surface area contributed by atoms with E-state index in [1.165, 1.54) is 18.2 Å². The number of thioether (sulfide) groups is 1. The molecule has 8 heteroatoms. The molecule has 1 aromatic rings. The van der Waals surface area contributed by atoms with Gasteiger partial charge in [-0.15, -0.1) is 13.2 Å². The molecule has 1 aliphatic rings. The standard InChI is InChI=1S/C12H13F3N2O2S/c13-12(14,15)19-9-3-1-2-8(6-9)17-11(18)10-7-20-5-4-16-10/h1-3,6,10,16H,4-5,7H2,(H,17,18). The molecule has 1 aromatic carbocycles. The van der Waals surface area contributed by atoms with E-state index in [0.717, 1.165) is 18.4 Å². The molecular weight excluding hydrogens is 293 g/mol. The van der Waals surface area contributed by atoms with Gasteiger partial charge < -0.3 is 15.4 Å². The smallest absolute Gasteiger partial charge is 0.406 e. The zero-order chi connectivity index (χ0) is 14.6. The first-order chi connectivity index (χ1) is 9.44. The predicted molar refractivity (Wildman–Crippen MR) is 70.9 cm³/mol. The van der Waals surface area contributed by atoms with Crippen molar-refractivity contribution in [2.75, 3.05) is 23.4 Å². The average molecular weight is 306 g/mol. The van der Waals surface area contributed by atoms with Crippen LogP contribution in [0.25, 0.3) is 0 Å². The molecule has 1 aliphatic heterocycles. The largest absolute Gasteiger partial charge is 0.573 e. The minimum atomic E-state index is -4.75. The van der Waals surface area contributed by atoms with Crippen molar-refractivity contribution in [2.24, 2.45) is 0 Å². The molecule has 20 heavy (non-hydrogen) atoms. The van der Waals surface area contributed by atoms with E-state index in [-0.39, 0.29) is 23.4 Å². The lowest BCUT2D eigenvalue weighted by Gasteiger charge is -2.22. The quantitative estimate of drug-likeness (QED) is 0.899. The van der Waals surface area contributed by atoms with E-state index in [9.17, 15) is 18.0 Å². The maximum absolute atomic E-state index is 12.1. The molecule has 1 amide bonds. The van der Waals surface area contributed by atoms with Crippen molar-refractivity contribution in [3.63, 3.8) is 0 Å². The average Bonchev–Trinajstić information content (AvgIpc) is 2.38. The number of carbonyl (C=O) groups excluding carboxylic acids is 1. The highest BCUT2D eigenvalue weighted by Gasteiger charge is 2.31. The van der Waals surface area contributed by atoms with Crippen molar-refractivity contribution in [1.29, 1.82) is 0 Å². The summed E-state index contributed by atoms with van der Waals surface area (Å²) in [5.41, 5.74) is 0.272. The second kappa shape index (κ2) is 6.36. The van der Waals surface area contributed by atoms with Crippen molar-refractivity contribution in [2.45, 2.75) is 12.4 Å². The molecule has 0 aromatic heterocycles. The van der Waals surface area contributed by atoms with Crippen LogP contribution < -0.4 is 15.4 Å². The monoisotopic (exact) mass is 306 g/mol. The summed E-state index contributed by atoms with van der Waals surface area (Å²) >= 11 is 1.66. The van der Waals surface area contributed by atoms with Crippen molar-refractivity contribution in [3.8, 4) is 5.75 Å². The molecule has 1 heterocycles. The van der Waals surface area contributed by atoms with E-state index in [0.29, 0.717) is 5.75 Å². The number of nitrogens with one attached hydrogen (secondary N) is 2. The SMILES string of the molecule is O=C(Nc1cccc(OC(F)(F)F)c1)C1CSCCN1. The van der Waals surface area contributed by atoms with Gasteiger partial charge in [0.05, 0.1) is 6.04 Å². The molecule has 0 bridgehead atoms. The summed E-state index contributed by atoms with van der Waals surface area (Å²) in [4.78, 5) is 11.9. The van der Waals surface area contributed by atoms with Crippen molar-refractivity contribution in [3.05, 3.63) is 24.3 Å². The lowest BCUT2D eigenvalue weighted by atomic mass is 10.2. The Bertz CT molecular complexity index is 476. The Balaban J connectivity index is 1.98. The summed E-state index contributed by atoms with van der Waals surface area (Å²) in [7, 11) is 0. The van der Waals surface area contributed by atoms with Gasteiger partial charge in [0.15, 0.2) is 0 Å². The van der Waals surface area contributed by atoms with Gasteiger partial charge in [-0.25, -0.2) is 0 Å². The topological polar surface area (TPSA) is 50.4 Å². The van der Waals surface area contributed by atoms with E-state index < -0.39 is 6.36 Å². The van der Waals surface area contributed by atoms with Crippen LogP contribution in [0.15, 0.2) is 24.3 Å². The summed E-state index contributed by atoms with van der Waals surface area (Å²) < 4.78 is 40.1. The predicted octanol–water partition coefficient (Wildman–Crippen LogP) is 2.23. The van der Waals surface area contributed by atoms with Crippen LogP contribution in [-0.4, -0.2) is 36.4 Å². The van der Waals surface area contributed by atoms with E-state index in [1.807, 2.05) is 0 Å². The first-order valence-electron chi connectivity index (χ1n) is 5.92. The van der Waals surface area contributed by atoms with Gasteiger partial charge in [0.2, 0.25) is 5.91 Å². The van der Waals surface area contributed by atoms with Gasteiger partial charge in [0.1, 0.15) is 5.75 Å². The number of amides is 1. The van der Waals surface area contributed by atoms with Crippen molar-refractivity contribution >= 4 is 23.4 Å². The Labute approximate surface area is 118 Å². The summed E-state index contributed by atoms with van der Waals surface area (Å²) in [5.74, 6) is 0.964. The third kappa shape index (κ3) is 4.61. The minimum Gasteiger partial charge on any atom is -0.406 e. The van der Waals surface area contributed by atoms with Crippen LogP contribution in [0.1, 0.15) is 0 Å². The molecule has 1 saturated heterocycles. The van der Waals surface area contributed by atoms with Crippen LogP contribution >= 0.6 is 11.8 Å². The van der Waals surface area contributed by atoms with Gasteiger partial charge in [-0.2, -0.15) is 11.8 Å². The first-order valence-corrected chi connectivity index (χ1v) is 7.07. The highest BCUT2D eigenvalue weighted by molar-refractivity contribution is 7.99. The number of rotatable bonds is 3. The number of alkyl halides is 3. The fourth-order valence-electron chi connectivity index (χ4n) is 1.73. The summed E-state index contributed by atoms with van der Waals surface area (Å²) in [6, 6.07) is 4.89. The summed E-state index contributed by atoms with van der Waals surface area (Å²) in [6.07, 6.45) is -4.75. The van der Waals surface area contributed by atoms with Crippen LogP contribution in [0.3, 0.4) is 0 Å². The second-order valence-corrected chi connectivity index (χ2v) is 5.30. The maximum Gasteiger partial charge on any atom is 0.573 e. The molecule has 0 spiro atoms. The molecule has 1 unspecified atom stereocenters. The molecule has 1 fully saturated rings. The highest BCUT2D eigenvalue weighted by Crippen LogP contribution is 2.25. The Morgan fingerprint density at radius 2 is 2.25 bits per heavy atom. The zero-order valence-electron chi connectivity index (χ0n) is 10.4. The number of hydrogen-bond acceptors (Lipinski definition) is 4. The van der Waals surface area contributed by atoms with Gasteiger partial charge in [-0.1, -0.05) is 6.07 Å². The highest BCUT2D eigenvalue weighted by atomic mass is 32.2. The minimum absolute atomic E-state index is 0.263. The molecule has 0 saturated carbocycles. The molecule has 2 N–H and O–H groups in total. The van der Waals surface area contributed by atoms with Crippen LogP contribution in [0.5, 0.6) is 5.75 Å². The van der Waals surface area contributed by atoms with E-state index in [1.54, 1.807) is 11.8 Å². The molecule has 4 nitrogen and oxygen atoms in total. The summed E-state index contributed by atoms with van der Waals surface area (Å²) in [6.45, 7) is 0.736. The number of ether oxygens (including phenoxy) is 1. The van der Waals surface area contributed by atoms with Gasteiger partial charge in [0, 0.05) is 29.8 Å². The van der Waals surface area contributed by atoms with Gasteiger partial charge in [-0.3, -0.25) is 4.79 Å². The summed E-state index contributed by atoms with van der Waals surface area (Å²) in [5, 5.41) is 5.62. The number of halogens is 3. The third-order valence-electron chi connectivity index (χ3n) is 2.57. The van der Waals surface area contributed by atoms with E-state index in [4.69, 9.17) is 0 Å². The molecule has 1 atom stereocenters. The third-order valence-corrected chi connectivity index (χ3v) is 3.64. The Hall–Kier alpha value is -1.41. The van der Waals surface area contributed by atoms with Crippen LogP contribution in [0, 0.1) is 0 Å². The number of hydrogen-bond donors (Lipinski definition) is 2. The normalized spacial score (nSPS) is 19.4. The van der Waals surface area contributed by atoms with Crippen molar-refractivity contribution < 1.29 is 22.7 Å². The molecule has 110 valence electrons. The zero-order valence-corrected chi connectivity index (χ0v) is 11.2. The number of carbonyl (C=O) groups is 1. The van der Waals surface area contributed by atoms with E-state index >= 15 is 0 Å². The molecule has 0 aliphatic carbocycles. The molecule has 0 radical (unpaired) electrons. The Morgan fingerprint density at radius 3 is 2.90 bits per heavy atom. The van der Waals surface area contributed by atoms with Crippen molar-refractivity contribution in [1.82, 2.24) is 5.32 Å². The van der Waals surface area contributed by atoms with Crippen LogP contribution in [-0.2, 0) is 4.79 Å². The fraction of sp³-hybridized carbons (Fsp3) is 0.417. The van der Waals surface area contributed by atoms with Gasteiger partial charge >= 0.3 is 6.36 Å². The Morgan fingerprint density at radius 1 is 1.45 bits per heavy atom. The molecular formula is C12H13F3N2O2S. The van der Waals surface area contributed by atoms with Crippen LogP contribution in [0.4, 0.5) is 18.9 Å². The Kier molecular flexibility index (Phi) is 4.77. The van der Waals surface area contributed by atoms with E-state index in [2.05, 4.69) is 15.4 Å². The van der Waals surface area contributed by atoms with Gasteiger partial charge in [0.25, 0.3) is 0 Å². The van der Waals surface area contributed by atoms with Crippen LogP contribution in [0.2, 0.25) is 0 Å². The molecule has 2 rings (SSSR count). The lowest BCUT2D eigenvalue weighted by Crippen LogP contribution is -2.46. The second-order valence-electron chi connectivity index (χ2n) is 4.15. The first kappa shape index (κ1) is 15.0. The van der Waals surface area contributed by atoms with Gasteiger partial charge in [-0.05, 0) is 12.1 Å². The number of anilines is 1. The number of benzene rings is 1. The fourth-order valence-corrected chi connectivity index (χ4v) is 2.67.